The molecule has 2 bridgehead atoms. The number of hydrogen-bond acceptors (Lipinski definition) is 3. The summed E-state index contributed by atoms with van der Waals surface area (Å²) >= 11 is 3.99. The summed E-state index contributed by atoms with van der Waals surface area (Å²) in [7, 11) is 0. The molecule has 0 atom stereocenters. The molecule has 2 rings (SSSR count). The normalized spacial score (nSPS) is 20.9. The summed E-state index contributed by atoms with van der Waals surface area (Å²) in [4.78, 5) is 4.30. The van der Waals surface area contributed by atoms with Crippen LogP contribution in [-0.2, 0) is 4.74 Å². The first-order valence-electron chi connectivity index (χ1n) is 5.36. The Labute approximate surface area is 102 Å². The van der Waals surface area contributed by atoms with E-state index >= 15 is 0 Å². The number of rotatable bonds is 2. The molecule has 0 saturated carbocycles. The number of allylic oxidation sites excluding steroid dienone is 5. The Morgan fingerprint density at radius 3 is 3.19 bits per heavy atom. The maximum atomic E-state index is 5.55. The first kappa shape index (κ1) is 11.3. The Kier molecular flexibility index (Phi) is 3.67. The van der Waals surface area contributed by atoms with Crippen LogP contribution in [0, 0.1) is 0 Å². The number of fused-ring (bicyclic) bond motifs is 2. The fourth-order valence-electron chi connectivity index (χ4n) is 1.80. The first-order chi connectivity index (χ1) is 7.79. The SMILES string of the molecule is CC(=N/C=C\S)C1=CC=C2CC(=C1)CCO2. The molecule has 2 nitrogen and oxygen atoms in total. The molecule has 1 heterocycles. The van der Waals surface area contributed by atoms with Crippen LogP contribution in [0.2, 0.25) is 0 Å². The molecular formula is C13H15NOS. The van der Waals surface area contributed by atoms with Crippen molar-refractivity contribution in [2.45, 2.75) is 19.8 Å². The van der Waals surface area contributed by atoms with Crippen LogP contribution in [-0.4, -0.2) is 12.3 Å². The van der Waals surface area contributed by atoms with Crippen molar-refractivity contribution in [2.75, 3.05) is 6.61 Å². The second-order valence-corrected chi connectivity index (χ2v) is 4.14. The fourth-order valence-corrected chi connectivity index (χ4v) is 1.87. The van der Waals surface area contributed by atoms with Crippen LogP contribution in [0.1, 0.15) is 19.8 Å². The van der Waals surface area contributed by atoms with Gasteiger partial charge in [0.15, 0.2) is 0 Å². The summed E-state index contributed by atoms with van der Waals surface area (Å²) in [6.07, 6.45) is 9.98. The van der Waals surface area contributed by atoms with Gasteiger partial charge in [0.25, 0.3) is 0 Å². The minimum absolute atomic E-state index is 0.797. The van der Waals surface area contributed by atoms with Gasteiger partial charge < -0.3 is 4.74 Å². The lowest BCUT2D eigenvalue weighted by Gasteiger charge is -2.17. The van der Waals surface area contributed by atoms with Crippen LogP contribution < -0.4 is 0 Å². The molecule has 2 aliphatic rings. The largest absolute Gasteiger partial charge is 0.497 e. The van der Waals surface area contributed by atoms with Crippen molar-refractivity contribution < 1.29 is 4.74 Å². The van der Waals surface area contributed by atoms with E-state index in [9.17, 15) is 0 Å². The zero-order valence-electron chi connectivity index (χ0n) is 9.31. The van der Waals surface area contributed by atoms with Crippen LogP contribution in [0.25, 0.3) is 0 Å². The highest BCUT2D eigenvalue weighted by molar-refractivity contribution is 7.83. The van der Waals surface area contributed by atoms with E-state index in [4.69, 9.17) is 4.74 Å². The second kappa shape index (κ2) is 5.21. The molecule has 0 aromatic rings. The summed E-state index contributed by atoms with van der Waals surface area (Å²) in [5.74, 6) is 1.06. The van der Waals surface area contributed by atoms with Gasteiger partial charge in [0.1, 0.15) is 5.76 Å². The lowest BCUT2D eigenvalue weighted by molar-refractivity contribution is 0.189. The van der Waals surface area contributed by atoms with Gasteiger partial charge in [-0.2, -0.15) is 0 Å². The summed E-state index contributed by atoms with van der Waals surface area (Å²) in [5.41, 5.74) is 3.58. The summed E-state index contributed by atoms with van der Waals surface area (Å²) in [6.45, 7) is 2.80. The van der Waals surface area contributed by atoms with Crippen molar-refractivity contribution in [3.63, 3.8) is 0 Å². The van der Waals surface area contributed by atoms with Crippen molar-refractivity contribution in [1.29, 1.82) is 0 Å². The van der Waals surface area contributed by atoms with E-state index < -0.39 is 0 Å². The molecule has 1 saturated heterocycles. The Bertz CT molecular complexity index is 427. The molecule has 1 fully saturated rings. The third-order valence-corrected chi connectivity index (χ3v) is 2.81. The highest BCUT2D eigenvalue weighted by Gasteiger charge is 2.14. The molecule has 16 heavy (non-hydrogen) atoms. The van der Waals surface area contributed by atoms with Crippen LogP contribution >= 0.6 is 12.6 Å². The Morgan fingerprint density at radius 2 is 2.38 bits per heavy atom. The third-order valence-electron chi connectivity index (χ3n) is 2.67. The van der Waals surface area contributed by atoms with Gasteiger partial charge in [-0.3, -0.25) is 4.99 Å². The highest BCUT2D eigenvalue weighted by Crippen LogP contribution is 2.26. The van der Waals surface area contributed by atoms with Gasteiger partial charge in [0.2, 0.25) is 0 Å². The molecule has 0 radical (unpaired) electrons. The molecule has 0 N–H and O–H groups in total. The van der Waals surface area contributed by atoms with Crippen LogP contribution in [0.15, 0.2) is 51.7 Å². The number of aliphatic imine (C=N–C) groups is 1. The highest BCUT2D eigenvalue weighted by atomic mass is 32.1. The monoisotopic (exact) mass is 233 g/mol. The van der Waals surface area contributed by atoms with Gasteiger partial charge in [-0.25, -0.2) is 0 Å². The van der Waals surface area contributed by atoms with Crippen LogP contribution in [0.5, 0.6) is 0 Å². The maximum absolute atomic E-state index is 5.55. The molecule has 0 unspecified atom stereocenters. The standard InChI is InChI=1S/C13H15NOS/c1-10(14-5-7-16)12-2-3-13-9-11(8-12)4-6-15-13/h2-3,5,7-8,16H,4,6,9H2,1H3/b7-5-,14-10?. The first-order valence-corrected chi connectivity index (χ1v) is 5.88. The van der Waals surface area contributed by atoms with E-state index in [1.807, 2.05) is 13.0 Å². The van der Waals surface area contributed by atoms with Crippen molar-refractivity contribution in [2.24, 2.45) is 4.99 Å². The van der Waals surface area contributed by atoms with Gasteiger partial charge in [-0.15, -0.1) is 12.6 Å². The van der Waals surface area contributed by atoms with Crippen LogP contribution in [0.3, 0.4) is 0 Å². The topological polar surface area (TPSA) is 21.6 Å². The predicted octanol–water partition coefficient (Wildman–Crippen LogP) is 3.41. The van der Waals surface area contributed by atoms with Crippen LogP contribution in [0.4, 0.5) is 0 Å². The molecule has 1 aliphatic heterocycles. The van der Waals surface area contributed by atoms with Gasteiger partial charge in [-0.1, -0.05) is 11.6 Å². The van der Waals surface area contributed by atoms with Crippen molar-refractivity contribution in [3.8, 4) is 0 Å². The molecular weight excluding hydrogens is 218 g/mol. The quantitative estimate of drug-likeness (QED) is 0.573. The summed E-state index contributed by atoms with van der Waals surface area (Å²) < 4.78 is 5.55. The number of hydrogen-bond donors (Lipinski definition) is 1. The molecule has 1 aliphatic carbocycles. The molecule has 3 heteroatoms. The van der Waals surface area contributed by atoms with E-state index in [0.29, 0.717) is 0 Å². The summed E-state index contributed by atoms with van der Waals surface area (Å²) in [6, 6.07) is 0. The average molecular weight is 233 g/mol. The fraction of sp³-hybridized carbons (Fsp3) is 0.308. The van der Waals surface area contributed by atoms with Gasteiger partial charge >= 0.3 is 0 Å². The lowest BCUT2D eigenvalue weighted by atomic mass is 10.0. The molecule has 0 aromatic carbocycles. The molecule has 0 amide bonds. The zero-order chi connectivity index (χ0) is 11.4. The Hall–Kier alpha value is -1.22. The predicted molar refractivity (Wildman–Crippen MR) is 70.7 cm³/mol. The van der Waals surface area contributed by atoms with E-state index in [0.717, 1.165) is 36.5 Å². The molecule has 0 spiro atoms. The van der Waals surface area contributed by atoms with Gasteiger partial charge in [0, 0.05) is 24.8 Å². The lowest BCUT2D eigenvalue weighted by Crippen LogP contribution is -2.05. The summed E-state index contributed by atoms with van der Waals surface area (Å²) in [5, 5.41) is 1.63. The van der Waals surface area contributed by atoms with Gasteiger partial charge in [-0.05, 0) is 30.1 Å². The van der Waals surface area contributed by atoms with Crippen molar-refractivity contribution in [1.82, 2.24) is 0 Å². The average Bonchev–Trinajstić information content (AvgIpc) is 2.45. The minimum atomic E-state index is 0.797. The van der Waals surface area contributed by atoms with Crippen molar-refractivity contribution >= 4 is 18.3 Å². The van der Waals surface area contributed by atoms with E-state index in [2.05, 4.69) is 29.8 Å². The zero-order valence-corrected chi connectivity index (χ0v) is 10.2. The van der Waals surface area contributed by atoms with Crippen molar-refractivity contribution in [3.05, 3.63) is 46.7 Å². The molecule has 84 valence electrons. The van der Waals surface area contributed by atoms with Gasteiger partial charge in [0.05, 0.1) is 6.61 Å². The minimum Gasteiger partial charge on any atom is -0.497 e. The smallest absolute Gasteiger partial charge is 0.100 e. The third kappa shape index (κ3) is 2.67. The van der Waals surface area contributed by atoms with E-state index in [1.54, 1.807) is 11.6 Å². The maximum Gasteiger partial charge on any atom is 0.100 e. The number of thiol groups is 1. The second-order valence-electron chi connectivity index (χ2n) is 3.85. The number of nitrogens with zero attached hydrogens (tertiary/aromatic N) is 1. The van der Waals surface area contributed by atoms with E-state index in [-0.39, 0.29) is 0 Å². The van der Waals surface area contributed by atoms with E-state index in [1.165, 1.54) is 5.57 Å². The molecule has 0 aromatic heterocycles. The Morgan fingerprint density at radius 1 is 1.50 bits per heavy atom. The Balaban J connectivity index is 2.28. The number of ether oxygens (including phenoxy) is 1.